The third kappa shape index (κ3) is 3.90. The molecule has 0 aliphatic heterocycles. The summed E-state index contributed by atoms with van der Waals surface area (Å²) in [7, 11) is 0. The first-order chi connectivity index (χ1) is 9.19. The predicted octanol–water partition coefficient (Wildman–Crippen LogP) is 4.03. The summed E-state index contributed by atoms with van der Waals surface area (Å²) in [5, 5.41) is 3.43. The predicted molar refractivity (Wildman–Crippen MR) is 77.7 cm³/mol. The second-order valence-electron chi connectivity index (χ2n) is 4.86. The normalized spacial score (nSPS) is 12.4. The Labute approximate surface area is 114 Å². The highest BCUT2D eigenvalue weighted by atomic mass is 19.1. The van der Waals surface area contributed by atoms with E-state index < -0.39 is 0 Å². The average Bonchev–Trinajstić information content (AvgIpc) is 2.38. The fraction of sp³-hybridized carbons (Fsp3) is 0.294. The van der Waals surface area contributed by atoms with Crippen molar-refractivity contribution in [2.24, 2.45) is 0 Å². The van der Waals surface area contributed by atoms with Crippen LogP contribution in [-0.4, -0.2) is 6.54 Å². The molecule has 0 radical (unpaired) electrons. The van der Waals surface area contributed by atoms with Gasteiger partial charge in [0.1, 0.15) is 5.82 Å². The van der Waals surface area contributed by atoms with E-state index in [1.807, 2.05) is 6.07 Å². The van der Waals surface area contributed by atoms with E-state index in [1.54, 1.807) is 12.1 Å². The summed E-state index contributed by atoms with van der Waals surface area (Å²) in [4.78, 5) is 0. The van der Waals surface area contributed by atoms with Crippen LogP contribution < -0.4 is 5.32 Å². The molecule has 100 valence electrons. The van der Waals surface area contributed by atoms with Gasteiger partial charge in [0.05, 0.1) is 0 Å². The van der Waals surface area contributed by atoms with Crippen molar-refractivity contribution in [3.63, 3.8) is 0 Å². The fourth-order valence-corrected chi connectivity index (χ4v) is 2.35. The Hall–Kier alpha value is -1.67. The molecule has 2 aromatic carbocycles. The van der Waals surface area contributed by atoms with Gasteiger partial charge in [-0.2, -0.15) is 0 Å². The second-order valence-corrected chi connectivity index (χ2v) is 4.86. The number of benzene rings is 2. The van der Waals surface area contributed by atoms with Gasteiger partial charge in [-0.05, 0) is 43.1 Å². The first-order valence-corrected chi connectivity index (χ1v) is 6.73. The Bertz CT molecular complexity index is 536. The van der Waals surface area contributed by atoms with E-state index >= 15 is 0 Å². The van der Waals surface area contributed by atoms with Gasteiger partial charge in [0.25, 0.3) is 0 Å². The largest absolute Gasteiger partial charge is 0.310 e. The maximum atomic E-state index is 13.3. The Balaban J connectivity index is 2.21. The Morgan fingerprint density at radius 2 is 1.89 bits per heavy atom. The molecule has 0 saturated heterocycles. The summed E-state index contributed by atoms with van der Waals surface area (Å²) in [6, 6.07) is 15.5. The standard InChI is InChI=1S/C17H20FN/c1-3-19-17(15-8-5-9-16(18)12-15)11-14-7-4-6-13(2)10-14/h4-10,12,17,19H,3,11H2,1-2H3. The van der Waals surface area contributed by atoms with Crippen LogP contribution in [-0.2, 0) is 6.42 Å². The van der Waals surface area contributed by atoms with E-state index in [0.29, 0.717) is 0 Å². The number of likely N-dealkylation sites (N-methyl/N-ethyl adjacent to an activating group) is 1. The summed E-state index contributed by atoms with van der Waals surface area (Å²) in [5.41, 5.74) is 3.53. The molecule has 0 heterocycles. The zero-order chi connectivity index (χ0) is 13.7. The molecule has 1 unspecified atom stereocenters. The molecular formula is C17H20FN. The molecular weight excluding hydrogens is 237 g/mol. The van der Waals surface area contributed by atoms with Crippen LogP contribution in [0.2, 0.25) is 0 Å². The van der Waals surface area contributed by atoms with E-state index in [0.717, 1.165) is 18.5 Å². The molecule has 19 heavy (non-hydrogen) atoms. The van der Waals surface area contributed by atoms with Crippen LogP contribution in [0.4, 0.5) is 4.39 Å². The van der Waals surface area contributed by atoms with Crippen molar-refractivity contribution in [1.29, 1.82) is 0 Å². The molecule has 0 saturated carbocycles. The van der Waals surface area contributed by atoms with E-state index in [1.165, 1.54) is 17.2 Å². The summed E-state index contributed by atoms with van der Waals surface area (Å²) >= 11 is 0. The van der Waals surface area contributed by atoms with Gasteiger partial charge in [0.15, 0.2) is 0 Å². The van der Waals surface area contributed by atoms with Crippen molar-refractivity contribution >= 4 is 0 Å². The first kappa shape index (κ1) is 13.8. The lowest BCUT2D eigenvalue weighted by molar-refractivity contribution is 0.542. The van der Waals surface area contributed by atoms with Crippen LogP contribution in [0.15, 0.2) is 48.5 Å². The van der Waals surface area contributed by atoms with E-state index in [9.17, 15) is 4.39 Å². The number of aryl methyl sites for hydroxylation is 1. The van der Waals surface area contributed by atoms with Gasteiger partial charge in [-0.15, -0.1) is 0 Å². The molecule has 1 atom stereocenters. The van der Waals surface area contributed by atoms with Crippen LogP contribution in [0.5, 0.6) is 0 Å². The zero-order valence-electron chi connectivity index (χ0n) is 11.5. The molecule has 1 nitrogen and oxygen atoms in total. The van der Waals surface area contributed by atoms with Crippen LogP contribution in [0.3, 0.4) is 0 Å². The minimum absolute atomic E-state index is 0.155. The number of nitrogens with one attached hydrogen (secondary N) is 1. The minimum Gasteiger partial charge on any atom is -0.310 e. The summed E-state index contributed by atoms with van der Waals surface area (Å²) in [6.07, 6.45) is 0.874. The number of rotatable bonds is 5. The number of hydrogen-bond acceptors (Lipinski definition) is 1. The average molecular weight is 257 g/mol. The second kappa shape index (κ2) is 6.48. The summed E-state index contributed by atoms with van der Waals surface area (Å²) < 4.78 is 13.3. The highest BCUT2D eigenvalue weighted by Gasteiger charge is 2.11. The molecule has 0 aromatic heterocycles. The highest BCUT2D eigenvalue weighted by Crippen LogP contribution is 2.19. The summed E-state index contributed by atoms with van der Waals surface area (Å²) in [6.45, 7) is 5.03. The van der Waals surface area contributed by atoms with Crippen LogP contribution in [0, 0.1) is 12.7 Å². The van der Waals surface area contributed by atoms with Gasteiger partial charge >= 0.3 is 0 Å². The van der Waals surface area contributed by atoms with Gasteiger partial charge in [0, 0.05) is 6.04 Å². The van der Waals surface area contributed by atoms with Crippen molar-refractivity contribution in [2.45, 2.75) is 26.3 Å². The molecule has 0 amide bonds. The lowest BCUT2D eigenvalue weighted by Gasteiger charge is -2.19. The van der Waals surface area contributed by atoms with Crippen LogP contribution >= 0.6 is 0 Å². The van der Waals surface area contributed by atoms with Gasteiger partial charge in [-0.3, -0.25) is 0 Å². The lowest BCUT2D eigenvalue weighted by atomic mass is 9.98. The van der Waals surface area contributed by atoms with Gasteiger partial charge in [-0.1, -0.05) is 48.9 Å². The fourth-order valence-electron chi connectivity index (χ4n) is 2.35. The molecule has 0 fully saturated rings. The monoisotopic (exact) mass is 257 g/mol. The highest BCUT2D eigenvalue weighted by molar-refractivity contribution is 5.27. The van der Waals surface area contributed by atoms with E-state index in [2.05, 4.69) is 43.4 Å². The quantitative estimate of drug-likeness (QED) is 0.852. The van der Waals surface area contributed by atoms with Crippen molar-refractivity contribution in [3.05, 3.63) is 71.0 Å². The Morgan fingerprint density at radius 3 is 2.58 bits per heavy atom. The number of halogens is 1. The van der Waals surface area contributed by atoms with E-state index in [4.69, 9.17) is 0 Å². The zero-order valence-corrected chi connectivity index (χ0v) is 11.5. The molecule has 0 bridgehead atoms. The summed E-state index contributed by atoms with van der Waals surface area (Å²) in [5.74, 6) is -0.176. The third-order valence-electron chi connectivity index (χ3n) is 3.22. The van der Waals surface area contributed by atoms with Gasteiger partial charge < -0.3 is 5.32 Å². The molecule has 1 N–H and O–H groups in total. The van der Waals surface area contributed by atoms with Crippen molar-refractivity contribution in [3.8, 4) is 0 Å². The van der Waals surface area contributed by atoms with Crippen molar-refractivity contribution in [1.82, 2.24) is 5.32 Å². The Kier molecular flexibility index (Phi) is 4.69. The van der Waals surface area contributed by atoms with Gasteiger partial charge in [-0.25, -0.2) is 4.39 Å². The molecule has 0 spiro atoms. The first-order valence-electron chi connectivity index (χ1n) is 6.73. The maximum Gasteiger partial charge on any atom is 0.123 e. The van der Waals surface area contributed by atoms with Crippen LogP contribution in [0.1, 0.15) is 29.7 Å². The SMILES string of the molecule is CCNC(Cc1cccc(C)c1)c1cccc(F)c1. The number of hydrogen-bond donors (Lipinski definition) is 1. The van der Waals surface area contributed by atoms with Crippen LogP contribution in [0.25, 0.3) is 0 Å². The lowest BCUT2D eigenvalue weighted by Crippen LogP contribution is -2.23. The maximum absolute atomic E-state index is 13.3. The topological polar surface area (TPSA) is 12.0 Å². The van der Waals surface area contributed by atoms with Crippen molar-refractivity contribution in [2.75, 3.05) is 6.54 Å². The van der Waals surface area contributed by atoms with Gasteiger partial charge in [0.2, 0.25) is 0 Å². The smallest absolute Gasteiger partial charge is 0.123 e. The molecule has 2 rings (SSSR count). The van der Waals surface area contributed by atoms with Crippen molar-refractivity contribution < 1.29 is 4.39 Å². The molecule has 0 aliphatic rings. The third-order valence-corrected chi connectivity index (χ3v) is 3.22. The Morgan fingerprint density at radius 1 is 1.11 bits per heavy atom. The molecule has 2 aromatic rings. The van der Waals surface area contributed by atoms with E-state index in [-0.39, 0.29) is 11.9 Å². The molecule has 0 aliphatic carbocycles. The molecule has 2 heteroatoms. The minimum atomic E-state index is -0.176.